The molecule has 4 amide bonds. The predicted molar refractivity (Wildman–Crippen MR) is 554 cm³/mol. The van der Waals surface area contributed by atoms with E-state index in [4.69, 9.17) is 56.8 Å². The number of carbonyl (C=O) groups excluding carboxylic acids is 6. The number of para-hydroxylation sites is 4. The molecule has 8 heterocycles. The van der Waals surface area contributed by atoms with Gasteiger partial charge in [0.1, 0.15) is 49.5 Å². The Morgan fingerprint density at radius 1 is 0.338 bits per heavy atom. The van der Waals surface area contributed by atoms with Crippen LogP contribution in [-0.4, -0.2) is 207 Å². The highest BCUT2D eigenvalue weighted by Crippen LogP contribution is 2.48. The Morgan fingerprint density at radius 3 is 1.06 bits per heavy atom. The third kappa shape index (κ3) is 22.9. The number of ketones is 2. The van der Waals surface area contributed by atoms with Crippen LogP contribution < -0.4 is 67.6 Å². The fraction of sp³-hybridized carbons (Fsp3) is 0.431. The minimum Gasteiger partial charge on any atom is -0.493 e. The van der Waals surface area contributed by atoms with E-state index in [9.17, 15) is 28.8 Å². The lowest BCUT2D eigenvalue weighted by Crippen LogP contribution is -2.41. The first-order valence-electron chi connectivity index (χ1n) is 50.4. The van der Waals surface area contributed by atoms with Gasteiger partial charge in [-0.3, -0.25) is 28.8 Å². The number of anilines is 8. The lowest BCUT2D eigenvalue weighted by Gasteiger charge is -2.27. The standard InChI is InChI=1S/C58H69N5O9.C58H67N3O9/c1-38(2)53(64)17-12-18-61(19-20-69-23-24-70-22-21-67-6)44-27-40(36-71-54-32-51-47(25-39(54)3)57(65)62-45(34-59(51)4)29-42-13-8-10-15-49(42)62)26-41(28-44)37-72-56-33-52-48(31-55(56)68-7)58(66)63-46(35-60(52)5)30-43-14-9-11-16-50(43)63;1-38(2)53(62)15-10-20-59(21-22-67-25-26-68-24-23-65-4)48-29-40(36-69-54-33-42-16-18-46-31-44-11-6-8-13-51(44)60(46)57(63)49(42)27-39(54)3)28-41(30-48)37-70-56-34-43-17-19-47-32-45-12-7-9-14-52(45)61(47)58(64)50(43)35-55(56)66-5/h8-11,13-16,25-28,31-33,38,45-46H,12,17-24,29-30,34-37H2,1-7H3;6-9,11-14,27-30,33-35,38,46-47H,10,15-26,31-32,36-37H2,1-5H3/t45-,46-;46-,47-/m01/s1. The van der Waals surface area contributed by atoms with E-state index in [1.54, 1.807) is 28.4 Å². The molecule has 142 heavy (non-hydrogen) atoms. The lowest BCUT2D eigenvalue weighted by molar-refractivity contribution is -0.122. The van der Waals surface area contributed by atoms with Crippen LogP contribution in [0, 0.1) is 25.7 Å². The number of hydrogen-bond donors (Lipinski definition) is 0. The molecule has 26 heteroatoms. The molecule has 0 bridgehead atoms. The molecule has 8 aliphatic rings. The maximum atomic E-state index is 14.3. The average Bonchev–Trinajstić information content (AvgIpc) is 1.57. The van der Waals surface area contributed by atoms with Crippen molar-refractivity contribution in [2.75, 3.05) is 187 Å². The van der Waals surface area contributed by atoms with E-state index in [0.29, 0.717) is 176 Å². The number of hydrogen-bond acceptors (Lipinski definition) is 22. The number of rotatable bonds is 44. The minimum atomic E-state index is -0.0571. The van der Waals surface area contributed by atoms with Gasteiger partial charge in [-0.05, 0) is 242 Å². The topological polar surface area (TPSA) is 239 Å². The average molecular weight is 1930 g/mol. The summed E-state index contributed by atoms with van der Waals surface area (Å²) in [6, 6.07) is 61.4. The third-order valence-electron chi connectivity index (χ3n) is 28.7. The predicted octanol–water partition coefficient (Wildman–Crippen LogP) is 18.4. The Hall–Kier alpha value is -12.8. The summed E-state index contributed by atoms with van der Waals surface area (Å²) in [6.07, 6.45) is 8.90. The van der Waals surface area contributed by atoms with Gasteiger partial charge in [0.15, 0.2) is 23.0 Å². The van der Waals surface area contributed by atoms with E-state index < -0.39 is 0 Å². The molecule has 0 aliphatic carbocycles. The smallest absolute Gasteiger partial charge is 0.260 e. The number of amides is 4. The first kappa shape index (κ1) is 101. The summed E-state index contributed by atoms with van der Waals surface area (Å²) < 4.78 is 72.2. The largest absolute Gasteiger partial charge is 0.493 e. The van der Waals surface area contributed by atoms with Crippen molar-refractivity contribution in [1.29, 1.82) is 0 Å². The zero-order valence-electron chi connectivity index (χ0n) is 84.3. The Bertz CT molecular complexity index is 6220. The summed E-state index contributed by atoms with van der Waals surface area (Å²) in [5.74, 6) is 3.90. The molecule has 10 aromatic carbocycles. The number of aryl methyl sites for hydroxylation is 4. The van der Waals surface area contributed by atoms with Crippen LogP contribution in [-0.2, 0) is 103 Å². The van der Waals surface area contributed by atoms with Crippen molar-refractivity contribution in [3.8, 4) is 34.5 Å². The molecule has 0 fully saturated rings. The van der Waals surface area contributed by atoms with Crippen LogP contribution in [0.5, 0.6) is 34.5 Å². The quantitative estimate of drug-likeness (QED) is 0.0322. The fourth-order valence-electron chi connectivity index (χ4n) is 21.2. The number of ether oxygens (including phenoxy) is 12. The van der Waals surface area contributed by atoms with Gasteiger partial charge in [0.05, 0.1) is 115 Å². The number of nitrogens with zero attached hydrogens (tertiary/aromatic N) is 8. The molecule has 18 rings (SSSR count). The van der Waals surface area contributed by atoms with Crippen molar-refractivity contribution >= 4 is 80.7 Å². The summed E-state index contributed by atoms with van der Waals surface area (Å²) in [7, 11) is 10.6. The Morgan fingerprint density at radius 2 is 0.655 bits per heavy atom. The molecule has 0 saturated carbocycles. The molecule has 10 aromatic rings. The lowest BCUT2D eigenvalue weighted by atomic mass is 9.98. The van der Waals surface area contributed by atoms with Crippen LogP contribution in [0.2, 0.25) is 0 Å². The van der Waals surface area contributed by atoms with Crippen LogP contribution >= 0.6 is 0 Å². The summed E-state index contributed by atoms with van der Waals surface area (Å²) in [6.45, 7) is 21.3. The molecule has 0 saturated heterocycles. The van der Waals surface area contributed by atoms with Crippen molar-refractivity contribution in [2.45, 2.75) is 169 Å². The number of benzene rings is 10. The van der Waals surface area contributed by atoms with Gasteiger partial charge in [-0.25, -0.2) is 0 Å². The van der Waals surface area contributed by atoms with Crippen molar-refractivity contribution in [3.05, 3.63) is 271 Å². The number of fused-ring (bicyclic) bond motifs is 16. The van der Waals surface area contributed by atoms with Crippen molar-refractivity contribution in [3.63, 3.8) is 0 Å². The maximum absolute atomic E-state index is 14.3. The van der Waals surface area contributed by atoms with Gasteiger partial charge in [0, 0.05) is 162 Å². The summed E-state index contributed by atoms with van der Waals surface area (Å²) in [4.78, 5) is 99.4. The van der Waals surface area contributed by atoms with E-state index in [-0.39, 0.29) is 97.6 Å². The van der Waals surface area contributed by atoms with E-state index in [0.717, 1.165) is 153 Å². The summed E-state index contributed by atoms with van der Waals surface area (Å²) >= 11 is 0. The molecule has 0 aromatic heterocycles. The number of methoxy groups -OCH3 is 4. The van der Waals surface area contributed by atoms with Crippen molar-refractivity contribution < 1.29 is 85.6 Å². The van der Waals surface area contributed by atoms with E-state index in [2.05, 4.69) is 92.4 Å². The zero-order valence-corrected chi connectivity index (χ0v) is 84.3. The second-order valence-electron chi connectivity index (χ2n) is 39.1. The van der Waals surface area contributed by atoms with E-state index in [1.807, 2.05) is 184 Å². The highest BCUT2D eigenvalue weighted by Gasteiger charge is 2.44. The van der Waals surface area contributed by atoms with Gasteiger partial charge in [-0.1, -0.05) is 100 Å². The molecule has 0 radical (unpaired) electrons. The Balaban J connectivity index is 0.000000195. The molecule has 748 valence electrons. The highest BCUT2D eigenvalue weighted by atomic mass is 16.6. The van der Waals surface area contributed by atoms with E-state index >= 15 is 0 Å². The third-order valence-corrected chi connectivity index (χ3v) is 28.7. The molecule has 8 aliphatic heterocycles. The van der Waals surface area contributed by atoms with Gasteiger partial charge >= 0.3 is 0 Å². The first-order chi connectivity index (χ1) is 69.0. The van der Waals surface area contributed by atoms with Gasteiger partial charge in [-0.2, -0.15) is 0 Å². The maximum Gasteiger partial charge on any atom is 0.260 e. The molecule has 0 spiro atoms. The van der Waals surface area contributed by atoms with Crippen LogP contribution in [0.1, 0.15) is 174 Å². The van der Waals surface area contributed by atoms with Crippen molar-refractivity contribution in [2.24, 2.45) is 11.8 Å². The van der Waals surface area contributed by atoms with Crippen LogP contribution in [0.4, 0.5) is 45.5 Å². The summed E-state index contributed by atoms with van der Waals surface area (Å²) in [5, 5.41) is 0. The first-order valence-corrected chi connectivity index (χ1v) is 50.4. The second-order valence-corrected chi connectivity index (χ2v) is 39.1. The van der Waals surface area contributed by atoms with Crippen LogP contribution in [0.3, 0.4) is 0 Å². The normalized spacial score (nSPS) is 16.7. The van der Waals surface area contributed by atoms with Gasteiger partial charge in [-0.15, -0.1) is 0 Å². The monoisotopic (exact) mass is 1930 g/mol. The van der Waals surface area contributed by atoms with Gasteiger partial charge < -0.3 is 96.0 Å². The Kier molecular flexibility index (Phi) is 33.0. The molecule has 0 unspecified atom stereocenters. The molecular weight excluding hydrogens is 1790 g/mol. The summed E-state index contributed by atoms with van der Waals surface area (Å²) in [5.41, 5.74) is 22.3. The van der Waals surface area contributed by atoms with E-state index in [1.165, 1.54) is 22.3 Å². The number of Topliss-reactive ketones (excluding diaryl/α,β-unsaturated/α-hetero) is 2. The second kappa shape index (κ2) is 46.5. The molecule has 26 nitrogen and oxygen atoms in total. The van der Waals surface area contributed by atoms with Gasteiger partial charge in [0.25, 0.3) is 23.6 Å². The molecule has 0 N–H and O–H groups in total. The minimum absolute atomic E-state index is 0.00421. The van der Waals surface area contributed by atoms with Gasteiger partial charge in [0.2, 0.25) is 0 Å². The molecular formula is C116H136N8O18. The SMILES string of the molecule is COCCOCCOCCN(CCCC(=O)C(C)C)c1cc(COc2cc3c(cc2C)C(=O)N2c4ccccc4C[C@H]2CC3)cc(COc2cc3c(cc2OC)C(=O)N2c4ccccc4C[C@H]2CC3)c1.COCCOCCOCCN(CCCC(=O)C(C)C)c1cc(COc2cc3c(cc2C)C(=O)N2c4ccccc4C[C@H]2CN3C)cc(COc2cc3c(cc2OC)C(=O)N2c4ccccc4C[C@H]2CN3C)c1. The highest BCUT2D eigenvalue weighted by molar-refractivity contribution is 6.14. The number of likely N-dealkylation sites (N-methyl/N-ethyl adjacent to an activating group) is 2. The zero-order chi connectivity index (χ0) is 99.2. The van der Waals surface area contributed by atoms with Crippen molar-refractivity contribution in [1.82, 2.24) is 0 Å². The Labute approximate surface area is 835 Å². The number of carbonyl (C=O) groups is 6. The van der Waals surface area contributed by atoms with Crippen LogP contribution in [0.25, 0.3) is 0 Å². The molecule has 4 atom stereocenters. The fourth-order valence-corrected chi connectivity index (χ4v) is 21.2. The van der Waals surface area contributed by atoms with Crippen LogP contribution in [0.15, 0.2) is 182 Å².